The summed E-state index contributed by atoms with van der Waals surface area (Å²) in [6.07, 6.45) is 2.13. The number of likely N-dealkylation sites (tertiary alicyclic amines) is 1. The van der Waals surface area contributed by atoms with Crippen LogP contribution in [-0.2, 0) is 4.74 Å². The number of hydrogen-bond acceptors (Lipinski definition) is 5. The molecule has 1 aliphatic heterocycles. The van der Waals surface area contributed by atoms with E-state index in [0.29, 0.717) is 19.1 Å². The van der Waals surface area contributed by atoms with Gasteiger partial charge in [-0.15, -0.1) is 11.3 Å². The number of rotatable bonds is 7. The number of carbonyl (C=O) groups excluding carboxylic acids is 1. The Hall–Kier alpha value is -2.02. The predicted molar refractivity (Wildman–Crippen MR) is 123 cm³/mol. The number of fused-ring (bicyclic) bond motifs is 1. The maximum Gasteiger partial charge on any atom is 0.178 e. The molecular formula is C24H31N3O2S. The lowest BCUT2D eigenvalue weighted by molar-refractivity contribution is 0.0908. The van der Waals surface area contributed by atoms with E-state index in [0.717, 1.165) is 48.4 Å². The number of ketones is 1. The molecule has 0 aliphatic carbocycles. The van der Waals surface area contributed by atoms with Crippen molar-refractivity contribution in [3.05, 3.63) is 52.3 Å². The number of methoxy groups -OCH3 is 1. The topological polar surface area (TPSA) is 47.4 Å². The minimum Gasteiger partial charge on any atom is -0.383 e. The van der Waals surface area contributed by atoms with Gasteiger partial charge >= 0.3 is 0 Å². The van der Waals surface area contributed by atoms with Crippen molar-refractivity contribution < 1.29 is 9.53 Å². The van der Waals surface area contributed by atoms with E-state index in [2.05, 4.69) is 41.5 Å². The van der Waals surface area contributed by atoms with E-state index in [1.807, 2.05) is 30.4 Å². The van der Waals surface area contributed by atoms with Gasteiger partial charge in [0.15, 0.2) is 5.78 Å². The molecule has 6 heteroatoms. The van der Waals surface area contributed by atoms with Crippen LogP contribution in [0.1, 0.15) is 58.5 Å². The van der Waals surface area contributed by atoms with Crippen LogP contribution in [-0.4, -0.2) is 53.6 Å². The first-order valence-corrected chi connectivity index (χ1v) is 11.6. The molecule has 1 aliphatic rings. The number of hydrogen-bond donors (Lipinski definition) is 0. The monoisotopic (exact) mass is 425 g/mol. The van der Waals surface area contributed by atoms with Crippen molar-refractivity contribution in [2.24, 2.45) is 0 Å². The van der Waals surface area contributed by atoms with Gasteiger partial charge in [0.2, 0.25) is 0 Å². The molecule has 1 atom stereocenters. The van der Waals surface area contributed by atoms with Gasteiger partial charge in [-0.2, -0.15) is 0 Å². The lowest BCUT2D eigenvalue weighted by Crippen LogP contribution is -2.37. The summed E-state index contributed by atoms with van der Waals surface area (Å²) in [6.45, 7) is 9.28. The Bertz CT molecular complexity index is 997. The van der Waals surface area contributed by atoms with Crippen LogP contribution in [0.2, 0.25) is 0 Å². The van der Waals surface area contributed by atoms with Crippen molar-refractivity contribution in [2.75, 3.05) is 33.4 Å². The fourth-order valence-electron chi connectivity index (χ4n) is 4.74. The van der Waals surface area contributed by atoms with Crippen LogP contribution >= 0.6 is 11.3 Å². The zero-order valence-corrected chi connectivity index (χ0v) is 19.2. The maximum absolute atomic E-state index is 13.1. The summed E-state index contributed by atoms with van der Waals surface area (Å²) in [7, 11) is 1.72. The maximum atomic E-state index is 13.1. The molecule has 0 radical (unpaired) electrons. The fourth-order valence-corrected chi connectivity index (χ4v) is 5.88. The third-order valence-corrected chi connectivity index (χ3v) is 7.45. The largest absolute Gasteiger partial charge is 0.383 e. The average Bonchev–Trinajstić information content (AvgIpc) is 3.29. The van der Waals surface area contributed by atoms with Crippen molar-refractivity contribution >= 4 is 27.3 Å². The number of aryl methyl sites for hydroxylation is 1. The molecule has 1 fully saturated rings. The number of Topliss-reactive ketones (excluding diaryl/α,β-unsaturated/α-hetero) is 1. The molecule has 3 aromatic rings. The van der Waals surface area contributed by atoms with Crippen molar-refractivity contribution in [2.45, 2.75) is 45.6 Å². The van der Waals surface area contributed by atoms with E-state index in [-0.39, 0.29) is 11.8 Å². The molecule has 0 amide bonds. The Morgan fingerprint density at radius 3 is 2.70 bits per heavy atom. The fraction of sp³-hybridized carbons (Fsp3) is 0.500. The Morgan fingerprint density at radius 1 is 1.27 bits per heavy atom. The van der Waals surface area contributed by atoms with E-state index in [1.54, 1.807) is 7.11 Å². The highest BCUT2D eigenvalue weighted by molar-refractivity contribution is 7.18. The highest BCUT2D eigenvalue weighted by Gasteiger charge is 2.26. The number of thiazole rings is 1. The molecule has 0 unspecified atom stereocenters. The second-order valence-corrected chi connectivity index (χ2v) is 9.51. The SMILES string of the molecule is COC[C@H](C)n1c(C)cc(C(=O)CN2CCC(c3nc4ccccc4s3)CC2)c1C. The van der Waals surface area contributed by atoms with E-state index >= 15 is 0 Å². The molecule has 4 rings (SSSR count). The van der Waals surface area contributed by atoms with Crippen LogP contribution in [0.3, 0.4) is 0 Å². The number of benzene rings is 1. The first-order valence-electron chi connectivity index (χ1n) is 10.8. The number of piperidine rings is 1. The second-order valence-electron chi connectivity index (χ2n) is 8.45. The Kier molecular flexibility index (Phi) is 6.37. The van der Waals surface area contributed by atoms with E-state index < -0.39 is 0 Å². The number of ether oxygens (including phenoxy) is 1. The van der Waals surface area contributed by atoms with Gasteiger partial charge < -0.3 is 9.30 Å². The average molecular weight is 426 g/mol. The Labute approximate surface area is 182 Å². The lowest BCUT2D eigenvalue weighted by atomic mass is 9.97. The van der Waals surface area contributed by atoms with Gasteiger partial charge in [0.25, 0.3) is 0 Å². The molecule has 30 heavy (non-hydrogen) atoms. The first kappa shape index (κ1) is 21.2. The lowest BCUT2D eigenvalue weighted by Gasteiger charge is -2.30. The molecule has 5 nitrogen and oxygen atoms in total. The first-order chi connectivity index (χ1) is 14.5. The summed E-state index contributed by atoms with van der Waals surface area (Å²) in [5.74, 6) is 0.728. The van der Waals surface area contributed by atoms with E-state index in [4.69, 9.17) is 9.72 Å². The second kappa shape index (κ2) is 9.00. The zero-order chi connectivity index (χ0) is 21.3. The molecule has 2 aromatic heterocycles. The van der Waals surface area contributed by atoms with E-state index in [9.17, 15) is 4.79 Å². The minimum atomic E-state index is 0.220. The zero-order valence-electron chi connectivity index (χ0n) is 18.4. The third-order valence-electron chi connectivity index (χ3n) is 6.25. The van der Waals surface area contributed by atoms with Crippen molar-refractivity contribution in [3.63, 3.8) is 0 Å². The number of nitrogens with zero attached hydrogens (tertiary/aromatic N) is 3. The van der Waals surface area contributed by atoms with Crippen molar-refractivity contribution in [1.82, 2.24) is 14.5 Å². The van der Waals surface area contributed by atoms with Gasteiger partial charge in [0.05, 0.1) is 34.4 Å². The molecular weight excluding hydrogens is 394 g/mol. The summed E-state index contributed by atoms with van der Waals surface area (Å²) in [5, 5.41) is 1.25. The van der Waals surface area contributed by atoms with Crippen molar-refractivity contribution in [3.8, 4) is 0 Å². The van der Waals surface area contributed by atoms with Crippen LogP contribution in [0.5, 0.6) is 0 Å². The number of carbonyl (C=O) groups is 1. The summed E-state index contributed by atoms with van der Waals surface area (Å²) < 4.78 is 8.79. The molecule has 0 saturated carbocycles. The smallest absolute Gasteiger partial charge is 0.178 e. The number of aromatic nitrogens is 2. The Morgan fingerprint density at radius 2 is 2.00 bits per heavy atom. The van der Waals surface area contributed by atoms with E-state index in [1.165, 1.54) is 9.71 Å². The van der Waals surface area contributed by atoms with Crippen LogP contribution in [0.15, 0.2) is 30.3 Å². The van der Waals surface area contributed by atoms with Gasteiger partial charge in [-0.25, -0.2) is 4.98 Å². The third kappa shape index (κ3) is 4.22. The molecule has 0 spiro atoms. The highest BCUT2D eigenvalue weighted by atomic mass is 32.1. The van der Waals surface area contributed by atoms with Gasteiger partial charge in [0.1, 0.15) is 0 Å². The highest BCUT2D eigenvalue weighted by Crippen LogP contribution is 2.34. The molecule has 3 heterocycles. The van der Waals surface area contributed by atoms with Crippen molar-refractivity contribution in [1.29, 1.82) is 0 Å². The summed E-state index contributed by atoms with van der Waals surface area (Å²) in [6, 6.07) is 10.6. The molecule has 1 saturated heterocycles. The molecule has 0 bridgehead atoms. The normalized spacial score (nSPS) is 16.9. The minimum absolute atomic E-state index is 0.220. The van der Waals surface area contributed by atoms with Crippen LogP contribution in [0.25, 0.3) is 10.2 Å². The van der Waals surface area contributed by atoms with Crippen LogP contribution in [0.4, 0.5) is 0 Å². The summed E-state index contributed by atoms with van der Waals surface area (Å²) in [5.41, 5.74) is 4.12. The molecule has 160 valence electrons. The predicted octanol–water partition coefficient (Wildman–Crippen LogP) is 4.98. The van der Waals surface area contributed by atoms with Crippen LogP contribution < -0.4 is 0 Å². The summed E-state index contributed by atoms with van der Waals surface area (Å²) >= 11 is 1.82. The van der Waals surface area contributed by atoms with Gasteiger partial charge in [-0.1, -0.05) is 12.1 Å². The quantitative estimate of drug-likeness (QED) is 0.501. The number of para-hydroxylation sites is 1. The molecule has 0 N–H and O–H groups in total. The van der Waals surface area contributed by atoms with Gasteiger partial charge in [0, 0.05) is 30.0 Å². The summed E-state index contributed by atoms with van der Waals surface area (Å²) in [4.78, 5) is 20.2. The Balaban J connectivity index is 1.38. The standard InChI is InChI=1S/C24H31N3O2S/c1-16-13-20(18(3)27(16)17(2)15-29-4)22(28)14-26-11-9-19(10-12-26)24-25-21-7-5-6-8-23(21)30-24/h5-8,13,17,19H,9-12,14-15H2,1-4H3/t17-/m0/s1. The van der Waals surface area contributed by atoms with Gasteiger partial charge in [-0.05, 0) is 64.9 Å². The van der Waals surface area contributed by atoms with Gasteiger partial charge in [-0.3, -0.25) is 9.69 Å². The van der Waals surface area contributed by atoms with Crippen LogP contribution in [0, 0.1) is 13.8 Å². The molecule has 1 aromatic carbocycles.